The number of thiazole rings is 1. The van der Waals surface area contributed by atoms with E-state index < -0.39 is 47.0 Å². The smallest absolute Gasteiger partial charge is 0.258 e. The van der Waals surface area contributed by atoms with E-state index in [1.54, 1.807) is 56.7 Å². The number of aromatic nitrogens is 2. The van der Waals surface area contributed by atoms with Crippen molar-refractivity contribution in [3.05, 3.63) is 101 Å². The minimum atomic E-state index is -1.98. The molecule has 0 radical (unpaired) electrons. The Morgan fingerprint density at radius 1 is 0.930 bits per heavy atom. The molecular formula is C54H64F2N6O8S. The Kier molecular flexibility index (Phi) is 16.0. The Bertz CT molecular complexity index is 2700. The van der Waals surface area contributed by atoms with E-state index >= 15 is 0 Å². The van der Waals surface area contributed by atoms with E-state index in [9.17, 15) is 33.1 Å². The summed E-state index contributed by atoms with van der Waals surface area (Å²) in [5, 5.41) is 20.1. The number of pyridine rings is 1. The summed E-state index contributed by atoms with van der Waals surface area (Å²) in [6.07, 6.45) is 4.72. The first-order chi connectivity index (χ1) is 34.0. The summed E-state index contributed by atoms with van der Waals surface area (Å²) in [6, 6.07) is 17.5. The Hall–Kier alpha value is -6.04. The molecule has 4 amide bonds. The van der Waals surface area contributed by atoms with Crippen LogP contribution in [0.25, 0.3) is 21.3 Å². The van der Waals surface area contributed by atoms with Gasteiger partial charge in [-0.1, -0.05) is 39.8 Å². The molecule has 2 aromatic heterocycles. The van der Waals surface area contributed by atoms with Gasteiger partial charge < -0.3 is 40.2 Å². The number of carbonyl (C=O) groups is 4. The Morgan fingerprint density at radius 3 is 2.35 bits per heavy atom. The Morgan fingerprint density at radius 2 is 1.66 bits per heavy atom. The van der Waals surface area contributed by atoms with E-state index in [2.05, 4.69) is 25.9 Å². The maximum atomic E-state index is 14.6. The second kappa shape index (κ2) is 22.2. The monoisotopic (exact) mass is 994 g/mol. The fourth-order valence-corrected chi connectivity index (χ4v) is 10.4. The highest BCUT2D eigenvalue weighted by Crippen LogP contribution is 2.42. The molecule has 71 heavy (non-hydrogen) atoms. The average Bonchev–Trinajstić information content (AvgIpc) is 3.76. The number of fused-ring (bicyclic) bond motifs is 1. The van der Waals surface area contributed by atoms with Crippen LogP contribution in [0.2, 0.25) is 0 Å². The van der Waals surface area contributed by atoms with Crippen molar-refractivity contribution in [2.75, 3.05) is 38.3 Å². The maximum absolute atomic E-state index is 14.6. The third-order valence-corrected chi connectivity index (χ3v) is 15.0. The van der Waals surface area contributed by atoms with Gasteiger partial charge in [-0.3, -0.25) is 24.2 Å². The highest BCUT2D eigenvalue weighted by atomic mass is 32.1. The predicted octanol–water partition coefficient (Wildman–Crippen LogP) is 8.44. The summed E-state index contributed by atoms with van der Waals surface area (Å²) in [7, 11) is 0. The normalized spacial score (nSPS) is 20.5. The summed E-state index contributed by atoms with van der Waals surface area (Å²) < 4.78 is 46.7. The number of aryl methyl sites for hydroxylation is 1. The first kappa shape index (κ1) is 51.3. The first-order valence-electron chi connectivity index (χ1n) is 24.6. The molecule has 2 saturated carbocycles. The molecule has 8 rings (SSSR count). The van der Waals surface area contributed by atoms with Gasteiger partial charge in [0.25, 0.3) is 5.91 Å². The van der Waals surface area contributed by atoms with Crippen molar-refractivity contribution in [2.24, 2.45) is 17.3 Å². The molecule has 0 spiro atoms. The molecule has 5 aromatic rings. The van der Waals surface area contributed by atoms with Crippen LogP contribution in [-0.4, -0.2) is 100 Å². The third-order valence-electron chi connectivity index (χ3n) is 14.1. The van der Waals surface area contributed by atoms with Gasteiger partial charge in [-0.2, -0.15) is 0 Å². The molecule has 3 aliphatic rings. The van der Waals surface area contributed by atoms with Crippen molar-refractivity contribution in [1.29, 1.82) is 0 Å². The lowest BCUT2D eigenvalue weighted by atomic mass is 9.73. The highest BCUT2D eigenvalue weighted by Gasteiger charge is 2.53. The van der Waals surface area contributed by atoms with Gasteiger partial charge in [0.1, 0.15) is 42.6 Å². The number of carbonyl (C=O) groups excluding carboxylic acids is 4. The lowest BCUT2D eigenvalue weighted by molar-refractivity contribution is -0.145. The number of benzene rings is 3. The Balaban J connectivity index is 0.785. The van der Waals surface area contributed by atoms with Gasteiger partial charge in [0, 0.05) is 48.3 Å². The summed E-state index contributed by atoms with van der Waals surface area (Å²) in [4.78, 5) is 64.7. The number of β-amino-alcohol motifs (C(OH)–C–C–N with tert-alkyl or cyclic N) is 1. The minimum absolute atomic E-state index is 0.00775. The number of likely N-dealkylation sites (tertiary alicyclic amines) is 1. The number of hydrogen-bond acceptors (Lipinski definition) is 11. The van der Waals surface area contributed by atoms with Crippen LogP contribution in [-0.2, 0) is 30.5 Å². The van der Waals surface area contributed by atoms with Crippen molar-refractivity contribution in [3.63, 3.8) is 0 Å². The molecule has 17 heteroatoms. The summed E-state index contributed by atoms with van der Waals surface area (Å²) in [5.74, 6) is -0.635. The molecule has 0 bridgehead atoms. The summed E-state index contributed by atoms with van der Waals surface area (Å²) in [5.41, 5.74) is 4.04. The number of amides is 4. The lowest BCUT2D eigenvalue weighted by Gasteiger charge is -2.35. The van der Waals surface area contributed by atoms with E-state index in [0.717, 1.165) is 58.3 Å². The second-order valence-corrected chi connectivity index (χ2v) is 21.1. The summed E-state index contributed by atoms with van der Waals surface area (Å²) in [6.45, 7) is 10.1. The molecule has 3 fully saturated rings. The maximum Gasteiger partial charge on any atom is 0.258 e. The zero-order valence-electron chi connectivity index (χ0n) is 41.0. The van der Waals surface area contributed by atoms with Crippen LogP contribution in [0, 0.1) is 30.0 Å². The van der Waals surface area contributed by atoms with Crippen molar-refractivity contribution in [2.45, 2.75) is 116 Å². The number of anilines is 1. The van der Waals surface area contributed by atoms with Crippen LogP contribution in [0.15, 0.2) is 78.4 Å². The minimum Gasteiger partial charge on any atom is -0.491 e. The van der Waals surface area contributed by atoms with E-state index in [1.807, 2.05) is 50.2 Å². The predicted molar refractivity (Wildman–Crippen MR) is 267 cm³/mol. The van der Waals surface area contributed by atoms with Crippen LogP contribution in [0.5, 0.6) is 11.5 Å². The van der Waals surface area contributed by atoms with Crippen molar-refractivity contribution < 1.29 is 47.3 Å². The molecule has 14 nitrogen and oxygen atoms in total. The van der Waals surface area contributed by atoms with Crippen LogP contribution in [0.3, 0.4) is 0 Å². The molecule has 3 heterocycles. The number of halogens is 2. The number of nitrogens with one attached hydrogen (secondary N) is 3. The number of rotatable bonds is 19. The largest absolute Gasteiger partial charge is 0.491 e. The van der Waals surface area contributed by atoms with Crippen LogP contribution in [0.1, 0.15) is 95.4 Å². The first-order valence-corrected chi connectivity index (χ1v) is 25.4. The number of hydrogen-bond donors (Lipinski definition) is 4. The molecule has 4 N–H and O–H groups in total. The van der Waals surface area contributed by atoms with Gasteiger partial charge in [-0.15, -0.1) is 11.3 Å². The fourth-order valence-electron chi connectivity index (χ4n) is 9.63. The third kappa shape index (κ3) is 12.5. The lowest BCUT2D eigenvalue weighted by Crippen LogP contribution is -2.59. The number of nitrogens with zero attached hydrogens (tertiary/aromatic N) is 3. The molecular weight excluding hydrogens is 931 g/mol. The van der Waals surface area contributed by atoms with Gasteiger partial charge in [0.15, 0.2) is 5.67 Å². The average molecular weight is 995 g/mol. The van der Waals surface area contributed by atoms with E-state index in [-0.39, 0.29) is 82.3 Å². The number of aliphatic hydroxyl groups is 1. The van der Waals surface area contributed by atoms with E-state index in [1.165, 1.54) is 22.3 Å². The second-order valence-electron chi connectivity index (χ2n) is 20.2. The number of alkyl halides is 1. The van der Waals surface area contributed by atoms with Crippen LogP contribution >= 0.6 is 11.3 Å². The van der Waals surface area contributed by atoms with E-state index in [4.69, 9.17) is 14.2 Å². The van der Waals surface area contributed by atoms with Crippen molar-refractivity contribution in [3.8, 4) is 21.9 Å². The zero-order valence-corrected chi connectivity index (χ0v) is 41.8. The molecule has 1 aliphatic heterocycles. The topological polar surface area (TPSA) is 181 Å². The number of aliphatic hydroxyl groups excluding tert-OH is 1. The van der Waals surface area contributed by atoms with Gasteiger partial charge in [-0.05, 0) is 128 Å². The quantitative estimate of drug-likeness (QED) is 0.0587. The molecule has 2 aliphatic carbocycles. The standard InChI is InChI=1S/C54H64F2N6O8S/c1-32(34-6-8-35(9-7-34)42-18-21-57-44-17-12-38(55)27-43(42)44)49(64)60-39-13-15-41(16-14-39)69-24-22-68-23-25-70-46-26-36(47-33(2)59-31-71-47)10-11-37(46)29-58-50(65)45-28-40(63)30-62(45)51(66)48(53(3,4)5)61-52(67)54(56)19-20-54/h10-18,21,26-27,31-32,34-35,40,45,48,63H,6-9,19-20,22-25,28-30H2,1-5H3,(H,58,65)(H,60,64)(H,61,67)/t32-,34-,35+,40-,45+,48-/m1/s1. The van der Waals surface area contributed by atoms with Crippen LogP contribution in [0.4, 0.5) is 14.5 Å². The van der Waals surface area contributed by atoms with Gasteiger partial charge in [0.2, 0.25) is 17.7 Å². The summed E-state index contributed by atoms with van der Waals surface area (Å²) >= 11 is 1.50. The molecule has 378 valence electrons. The molecule has 1 saturated heterocycles. The van der Waals surface area contributed by atoms with Gasteiger partial charge in [-0.25, -0.2) is 13.8 Å². The molecule has 4 atom stereocenters. The van der Waals surface area contributed by atoms with E-state index in [0.29, 0.717) is 28.7 Å². The van der Waals surface area contributed by atoms with Crippen molar-refractivity contribution >= 4 is 51.6 Å². The molecule has 3 aromatic carbocycles. The SMILES string of the molecule is Cc1ncsc1-c1ccc(CNC(=O)[C@@H]2C[C@@H](O)CN2C(=O)[C@@H](NC(=O)C2(F)CC2)C(C)(C)C)c(OCCOCCOc2ccc(NC(=O)[C@H](C)[C@H]3CC[C@@H](c4ccnc5ccc(F)cc54)CC3)cc2)c1. The zero-order chi connectivity index (χ0) is 50.5. The van der Waals surface area contributed by atoms with Crippen LogP contribution < -0.4 is 25.4 Å². The van der Waals surface area contributed by atoms with Gasteiger partial charge in [0.05, 0.1) is 40.9 Å². The van der Waals surface area contributed by atoms with Crippen molar-refractivity contribution in [1.82, 2.24) is 25.5 Å². The number of ether oxygens (including phenoxy) is 3. The van der Waals surface area contributed by atoms with Gasteiger partial charge >= 0.3 is 0 Å². The fraction of sp³-hybridized carbons (Fsp3) is 0.481. The molecule has 0 unspecified atom stereocenters. The Labute approximate surface area is 417 Å². The highest BCUT2D eigenvalue weighted by molar-refractivity contribution is 7.13.